The number of nitrogens with one attached hydrogen (secondary N) is 1. The second-order valence-corrected chi connectivity index (χ2v) is 15.1. The van der Waals surface area contributed by atoms with E-state index < -0.39 is 22.4 Å². The van der Waals surface area contributed by atoms with Crippen LogP contribution in [0, 0.1) is 5.92 Å². The summed E-state index contributed by atoms with van der Waals surface area (Å²) in [6.45, 7) is 4.84. The van der Waals surface area contributed by atoms with Crippen LogP contribution in [-0.2, 0) is 32.6 Å². The molecule has 0 saturated carbocycles. The Bertz CT molecular complexity index is 1970. The lowest BCUT2D eigenvalue weighted by Gasteiger charge is -2.43. The summed E-state index contributed by atoms with van der Waals surface area (Å²) >= 11 is 0. The lowest BCUT2D eigenvalue weighted by atomic mass is 9.89. The second-order valence-electron chi connectivity index (χ2n) is 13.3. The predicted octanol–water partition coefficient (Wildman–Crippen LogP) is 7.17. The Balaban J connectivity index is 1.23. The van der Waals surface area contributed by atoms with Crippen molar-refractivity contribution in [1.29, 1.82) is 0 Å². The summed E-state index contributed by atoms with van der Waals surface area (Å²) in [4.78, 5) is 2.37. The van der Waals surface area contributed by atoms with E-state index in [1.165, 1.54) is 0 Å². The number of sulfonamides is 1. The molecule has 1 fully saturated rings. The highest BCUT2D eigenvalue weighted by Crippen LogP contribution is 2.42. The van der Waals surface area contributed by atoms with Crippen molar-refractivity contribution >= 4 is 10.0 Å². The number of rotatable bonds is 13. The lowest BCUT2D eigenvalue weighted by molar-refractivity contribution is -0.276. The standard InChI is InChI=1S/C42H46N2O6S/c1-29-39(27-44(3)30(2)40(46)33-13-6-4-7-14-33)49-42(50-41(29)34-22-20-31(28-45)21-23-34)37-17-11-16-36(25-37)35-15-10-12-32(24-35)26-43-51(47,48)38-18-8-5-9-19-38/h4-25,29-30,39-43,45-46H,26-28H2,1-3H3. The molecule has 0 amide bonds. The Morgan fingerprint density at radius 3 is 2.10 bits per heavy atom. The highest BCUT2D eigenvalue weighted by Gasteiger charge is 2.39. The molecule has 51 heavy (non-hydrogen) atoms. The van der Waals surface area contributed by atoms with Gasteiger partial charge in [-0.25, -0.2) is 13.1 Å². The Morgan fingerprint density at radius 2 is 1.41 bits per heavy atom. The van der Waals surface area contributed by atoms with Crippen LogP contribution >= 0.6 is 0 Å². The number of hydrogen-bond acceptors (Lipinski definition) is 7. The number of hydrogen-bond donors (Lipinski definition) is 3. The van der Waals surface area contributed by atoms with Gasteiger partial charge in [0.25, 0.3) is 0 Å². The molecule has 1 aliphatic heterocycles. The van der Waals surface area contributed by atoms with Gasteiger partial charge in [0.05, 0.1) is 29.8 Å². The average Bonchev–Trinajstić information content (AvgIpc) is 3.18. The summed E-state index contributed by atoms with van der Waals surface area (Å²) in [6, 6.07) is 41.6. The van der Waals surface area contributed by atoms with Gasteiger partial charge in [0, 0.05) is 30.6 Å². The van der Waals surface area contributed by atoms with E-state index in [2.05, 4.69) is 22.6 Å². The van der Waals surface area contributed by atoms with Gasteiger partial charge in [-0.3, -0.25) is 4.90 Å². The largest absolute Gasteiger partial charge is 0.392 e. The van der Waals surface area contributed by atoms with E-state index in [1.807, 2.05) is 111 Å². The van der Waals surface area contributed by atoms with Crippen molar-refractivity contribution in [3.05, 3.63) is 161 Å². The van der Waals surface area contributed by atoms with Crippen molar-refractivity contribution in [3.8, 4) is 11.1 Å². The normalized spacial score (nSPS) is 20.6. The minimum Gasteiger partial charge on any atom is -0.392 e. The highest BCUT2D eigenvalue weighted by molar-refractivity contribution is 7.89. The maximum Gasteiger partial charge on any atom is 0.240 e. The Morgan fingerprint density at radius 1 is 0.765 bits per heavy atom. The summed E-state index contributed by atoms with van der Waals surface area (Å²) in [5, 5.41) is 20.8. The molecule has 0 radical (unpaired) electrons. The predicted molar refractivity (Wildman–Crippen MR) is 199 cm³/mol. The van der Waals surface area contributed by atoms with E-state index in [1.54, 1.807) is 30.3 Å². The number of ether oxygens (including phenoxy) is 2. The van der Waals surface area contributed by atoms with Gasteiger partial charge in [-0.15, -0.1) is 0 Å². The molecule has 5 aromatic carbocycles. The molecule has 6 rings (SSSR count). The Labute approximate surface area is 301 Å². The summed E-state index contributed by atoms with van der Waals surface area (Å²) in [5.74, 6) is -0.0238. The van der Waals surface area contributed by atoms with Gasteiger partial charge in [-0.05, 0) is 71.6 Å². The van der Waals surface area contributed by atoms with Crippen molar-refractivity contribution in [2.45, 2.75) is 62.5 Å². The molecule has 0 spiro atoms. The van der Waals surface area contributed by atoms with Crippen molar-refractivity contribution in [1.82, 2.24) is 9.62 Å². The first-order valence-electron chi connectivity index (χ1n) is 17.3. The lowest BCUT2D eigenvalue weighted by Crippen LogP contribution is -2.46. The third kappa shape index (κ3) is 8.83. The topological polar surface area (TPSA) is 108 Å². The second kappa shape index (κ2) is 16.4. The zero-order valence-corrected chi connectivity index (χ0v) is 30.0. The first kappa shape index (κ1) is 36.6. The van der Waals surface area contributed by atoms with Crippen LogP contribution in [0.15, 0.2) is 138 Å². The number of likely N-dealkylation sites (N-methyl/N-ethyl adjacent to an activating group) is 1. The van der Waals surface area contributed by atoms with E-state index in [9.17, 15) is 18.6 Å². The molecule has 8 nitrogen and oxygen atoms in total. The molecule has 0 aliphatic carbocycles. The quantitative estimate of drug-likeness (QED) is 0.119. The van der Waals surface area contributed by atoms with Gasteiger partial charge >= 0.3 is 0 Å². The molecular weight excluding hydrogens is 661 g/mol. The third-order valence-corrected chi connectivity index (χ3v) is 11.2. The molecule has 5 aromatic rings. The zero-order chi connectivity index (χ0) is 36.0. The number of benzene rings is 5. The molecule has 1 saturated heterocycles. The first-order chi connectivity index (χ1) is 24.6. The number of nitrogens with zero attached hydrogens (tertiary/aromatic N) is 1. The van der Waals surface area contributed by atoms with Crippen LogP contribution in [0.3, 0.4) is 0 Å². The molecule has 0 bridgehead atoms. The Hall–Kier alpha value is -4.19. The van der Waals surface area contributed by atoms with Crippen LogP contribution in [0.2, 0.25) is 0 Å². The molecule has 6 atom stereocenters. The molecule has 9 heteroatoms. The molecular formula is C42H46N2O6S. The van der Waals surface area contributed by atoms with Crippen LogP contribution in [-0.4, -0.2) is 49.3 Å². The van der Waals surface area contributed by atoms with Gasteiger partial charge in [0.1, 0.15) is 0 Å². The van der Waals surface area contributed by atoms with Gasteiger partial charge in [0.15, 0.2) is 6.29 Å². The van der Waals surface area contributed by atoms with Gasteiger partial charge < -0.3 is 19.7 Å². The monoisotopic (exact) mass is 706 g/mol. The van der Waals surface area contributed by atoms with Crippen LogP contribution < -0.4 is 4.72 Å². The maximum atomic E-state index is 12.8. The zero-order valence-electron chi connectivity index (χ0n) is 29.2. The molecule has 266 valence electrons. The summed E-state index contributed by atoms with van der Waals surface area (Å²) in [6.07, 6.45) is -1.84. The van der Waals surface area contributed by atoms with Crippen molar-refractivity contribution in [3.63, 3.8) is 0 Å². The molecule has 1 heterocycles. The van der Waals surface area contributed by atoms with E-state index in [0.29, 0.717) is 6.54 Å². The molecule has 0 aromatic heterocycles. The van der Waals surface area contributed by atoms with E-state index in [4.69, 9.17) is 9.47 Å². The van der Waals surface area contributed by atoms with Gasteiger partial charge in [0.2, 0.25) is 10.0 Å². The number of aliphatic hydroxyl groups is 2. The van der Waals surface area contributed by atoms with Crippen LogP contribution in [0.25, 0.3) is 11.1 Å². The van der Waals surface area contributed by atoms with Crippen molar-refractivity contribution < 1.29 is 28.1 Å². The highest BCUT2D eigenvalue weighted by atomic mass is 32.2. The summed E-state index contributed by atoms with van der Waals surface area (Å²) in [5.41, 5.74) is 6.27. The molecule has 3 N–H and O–H groups in total. The van der Waals surface area contributed by atoms with Crippen LogP contribution in [0.5, 0.6) is 0 Å². The molecule has 1 aliphatic rings. The van der Waals surface area contributed by atoms with E-state index in [0.717, 1.165) is 38.9 Å². The fourth-order valence-corrected chi connectivity index (χ4v) is 7.57. The maximum absolute atomic E-state index is 12.8. The smallest absolute Gasteiger partial charge is 0.240 e. The minimum absolute atomic E-state index is 0.0238. The van der Waals surface area contributed by atoms with Crippen LogP contribution in [0.1, 0.15) is 60.2 Å². The van der Waals surface area contributed by atoms with E-state index >= 15 is 0 Å². The van der Waals surface area contributed by atoms with E-state index in [-0.39, 0.29) is 42.2 Å². The first-order valence-corrected chi connectivity index (χ1v) is 18.8. The van der Waals surface area contributed by atoms with Gasteiger partial charge in [-0.1, -0.05) is 116 Å². The van der Waals surface area contributed by atoms with Crippen LogP contribution in [0.4, 0.5) is 0 Å². The summed E-state index contributed by atoms with van der Waals surface area (Å²) < 4.78 is 41.9. The third-order valence-electron chi connectivity index (χ3n) is 9.82. The number of aliphatic hydroxyl groups excluding tert-OH is 2. The minimum atomic E-state index is -3.65. The van der Waals surface area contributed by atoms with Crippen molar-refractivity contribution in [2.24, 2.45) is 5.92 Å². The van der Waals surface area contributed by atoms with Gasteiger partial charge in [-0.2, -0.15) is 0 Å². The Kier molecular flexibility index (Phi) is 11.8. The summed E-state index contributed by atoms with van der Waals surface area (Å²) in [7, 11) is -1.64. The fourth-order valence-electron chi connectivity index (χ4n) is 6.53. The fraction of sp³-hybridized carbons (Fsp3) is 0.286. The molecule has 6 unspecified atom stereocenters. The van der Waals surface area contributed by atoms with Crippen molar-refractivity contribution in [2.75, 3.05) is 13.6 Å². The average molecular weight is 707 g/mol. The SMILES string of the molecule is CC1C(CN(C)C(C)C(O)c2ccccc2)OC(c2cccc(-c3cccc(CNS(=O)(=O)c4ccccc4)c3)c2)OC1c1ccc(CO)cc1.